The predicted octanol–water partition coefficient (Wildman–Crippen LogP) is 3.17. The van der Waals surface area contributed by atoms with Gasteiger partial charge in [0.1, 0.15) is 30.8 Å². The maximum atomic E-state index is 12.3. The van der Waals surface area contributed by atoms with Crippen molar-refractivity contribution in [2.24, 2.45) is 0 Å². The lowest BCUT2D eigenvalue weighted by Gasteiger charge is -2.15. The summed E-state index contributed by atoms with van der Waals surface area (Å²) in [6, 6.07) is 9.51. The van der Waals surface area contributed by atoms with Crippen LogP contribution in [0.1, 0.15) is 12.5 Å². The Balaban J connectivity index is 1.36. The topological polar surface area (TPSA) is 105 Å². The van der Waals surface area contributed by atoms with E-state index in [9.17, 15) is 9.59 Å². The summed E-state index contributed by atoms with van der Waals surface area (Å²) >= 11 is 0. The molecule has 1 aliphatic heterocycles. The highest BCUT2D eigenvalue weighted by Crippen LogP contribution is 2.36. The lowest BCUT2D eigenvalue weighted by molar-refractivity contribution is -0.140. The molecule has 2 aromatic carbocycles. The summed E-state index contributed by atoms with van der Waals surface area (Å²) in [5, 5.41) is 4.35. The van der Waals surface area contributed by atoms with Gasteiger partial charge in [0.05, 0.1) is 33.0 Å². The number of amides is 1. The van der Waals surface area contributed by atoms with Crippen molar-refractivity contribution >= 4 is 22.8 Å². The molecule has 3 rings (SSSR count). The summed E-state index contributed by atoms with van der Waals surface area (Å²) in [6.45, 7) is 9.91. The second kappa shape index (κ2) is 12.9. The van der Waals surface area contributed by atoms with Gasteiger partial charge in [-0.15, -0.1) is 0 Å². The number of aryl methyl sites for hydroxylation is 1. The Bertz CT molecular complexity index is 1000. The van der Waals surface area contributed by atoms with Crippen molar-refractivity contribution in [1.29, 1.82) is 0 Å². The summed E-state index contributed by atoms with van der Waals surface area (Å²) < 4.78 is 32.3. The Morgan fingerprint density at radius 2 is 1.76 bits per heavy atom. The number of epoxide rings is 1. The van der Waals surface area contributed by atoms with Crippen molar-refractivity contribution < 1.29 is 38.0 Å². The van der Waals surface area contributed by atoms with Crippen LogP contribution in [0.3, 0.4) is 0 Å². The van der Waals surface area contributed by atoms with Crippen LogP contribution in [0, 0.1) is 6.92 Å². The lowest BCUT2D eigenvalue weighted by Crippen LogP contribution is -2.30. The fraction of sp³-hybridized carbons (Fsp3) is 0.440. The fourth-order valence-electron chi connectivity index (χ4n) is 3.04. The second-order valence-electron chi connectivity index (χ2n) is 7.79. The van der Waals surface area contributed by atoms with Crippen LogP contribution >= 0.6 is 0 Å². The number of ether oxygens (including phenoxy) is 6. The maximum Gasteiger partial charge on any atom is 0.412 e. The van der Waals surface area contributed by atoms with Crippen LogP contribution in [-0.4, -0.2) is 71.0 Å². The first-order valence-electron chi connectivity index (χ1n) is 11.2. The number of carbonyl (C=O) groups excluding carboxylic acids is 2. The van der Waals surface area contributed by atoms with Crippen LogP contribution in [0.15, 0.2) is 42.5 Å². The summed E-state index contributed by atoms with van der Waals surface area (Å²) in [4.78, 5) is 23.5. The highest BCUT2D eigenvalue weighted by Gasteiger charge is 2.24. The van der Waals surface area contributed by atoms with Crippen molar-refractivity contribution in [2.75, 3.05) is 52.8 Å². The van der Waals surface area contributed by atoms with Gasteiger partial charge in [-0.05, 0) is 25.5 Å². The first kappa shape index (κ1) is 25.5. The van der Waals surface area contributed by atoms with E-state index in [0.29, 0.717) is 37.8 Å². The zero-order valence-corrected chi connectivity index (χ0v) is 19.6. The van der Waals surface area contributed by atoms with Crippen LogP contribution < -0.4 is 14.8 Å². The number of esters is 1. The predicted molar refractivity (Wildman–Crippen MR) is 125 cm³/mol. The Morgan fingerprint density at radius 1 is 1.09 bits per heavy atom. The molecule has 1 N–H and O–H groups in total. The number of benzene rings is 2. The molecule has 0 spiro atoms. The molecule has 34 heavy (non-hydrogen) atoms. The van der Waals surface area contributed by atoms with E-state index in [1.165, 1.54) is 0 Å². The molecule has 1 saturated heterocycles. The zero-order chi connectivity index (χ0) is 24.3. The maximum absolute atomic E-state index is 12.3. The molecule has 1 unspecified atom stereocenters. The van der Waals surface area contributed by atoms with Gasteiger partial charge in [-0.3, -0.25) is 0 Å². The molecule has 0 bridgehead atoms. The first-order chi connectivity index (χ1) is 16.5. The quantitative estimate of drug-likeness (QED) is 0.193. The molecule has 0 aliphatic carbocycles. The molecule has 9 heteroatoms. The molecule has 0 aromatic heterocycles. The van der Waals surface area contributed by atoms with Gasteiger partial charge in [0.2, 0.25) is 0 Å². The van der Waals surface area contributed by atoms with Crippen LogP contribution in [0.5, 0.6) is 11.5 Å². The van der Waals surface area contributed by atoms with Crippen molar-refractivity contribution in [2.45, 2.75) is 20.0 Å². The van der Waals surface area contributed by atoms with Gasteiger partial charge in [0, 0.05) is 22.9 Å². The molecule has 184 valence electrons. The summed E-state index contributed by atoms with van der Waals surface area (Å²) in [5.41, 5.74) is 1.14. The largest absolute Gasteiger partial charge is 0.490 e. The molecule has 1 fully saturated rings. The van der Waals surface area contributed by atoms with Crippen LogP contribution in [0.2, 0.25) is 0 Å². The zero-order valence-electron chi connectivity index (χ0n) is 19.6. The monoisotopic (exact) mass is 473 g/mol. The van der Waals surface area contributed by atoms with Gasteiger partial charge in [0.15, 0.2) is 0 Å². The van der Waals surface area contributed by atoms with E-state index in [-0.39, 0.29) is 25.9 Å². The van der Waals surface area contributed by atoms with Crippen molar-refractivity contribution in [1.82, 2.24) is 5.32 Å². The van der Waals surface area contributed by atoms with Gasteiger partial charge < -0.3 is 33.7 Å². The van der Waals surface area contributed by atoms with E-state index < -0.39 is 12.1 Å². The van der Waals surface area contributed by atoms with E-state index >= 15 is 0 Å². The van der Waals surface area contributed by atoms with E-state index in [1.54, 1.807) is 6.92 Å². The third kappa shape index (κ3) is 8.02. The van der Waals surface area contributed by atoms with Crippen molar-refractivity contribution in [3.63, 3.8) is 0 Å². The van der Waals surface area contributed by atoms with Crippen molar-refractivity contribution in [3.05, 3.63) is 48.0 Å². The van der Waals surface area contributed by atoms with Gasteiger partial charge in [-0.1, -0.05) is 30.8 Å². The Labute approximate surface area is 198 Å². The number of fused-ring (bicyclic) bond motifs is 1. The number of hydrogen-bond donors (Lipinski definition) is 1. The fourth-order valence-corrected chi connectivity index (χ4v) is 3.04. The highest BCUT2D eigenvalue weighted by atomic mass is 16.6. The number of hydrogen-bond acceptors (Lipinski definition) is 8. The van der Waals surface area contributed by atoms with Gasteiger partial charge in [-0.2, -0.15) is 0 Å². The number of rotatable bonds is 14. The molecule has 1 aliphatic rings. The highest BCUT2D eigenvalue weighted by molar-refractivity contribution is 5.95. The third-order valence-electron chi connectivity index (χ3n) is 4.86. The summed E-state index contributed by atoms with van der Waals surface area (Å²) in [7, 11) is 0. The minimum absolute atomic E-state index is 0.154. The SMILES string of the molecule is C=C(C)C(=O)OCCOCCOCCNC(=O)Oc1c(C)cc(OCC2CO2)c2ccccc12. The smallest absolute Gasteiger partial charge is 0.412 e. The molecule has 1 atom stereocenters. The number of nitrogens with one attached hydrogen (secondary N) is 1. The Morgan fingerprint density at radius 3 is 2.47 bits per heavy atom. The molecule has 0 saturated carbocycles. The molecule has 9 nitrogen and oxygen atoms in total. The molecule has 0 radical (unpaired) electrons. The average Bonchev–Trinajstić information content (AvgIpc) is 3.65. The van der Waals surface area contributed by atoms with Crippen LogP contribution in [0.25, 0.3) is 10.8 Å². The minimum atomic E-state index is -0.563. The van der Waals surface area contributed by atoms with E-state index in [0.717, 1.165) is 28.7 Å². The summed E-state index contributed by atoms with van der Waals surface area (Å²) in [6.07, 6.45) is -0.409. The lowest BCUT2D eigenvalue weighted by atomic mass is 10.0. The van der Waals surface area contributed by atoms with E-state index in [2.05, 4.69) is 11.9 Å². The van der Waals surface area contributed by atoms with Crippen LogP contribution in [0.4, 0.5) is 4.79 Å². The first-order valence-corrected chi connectivity index (χ1v) is 11.2. The molecule has 2 aromatic rings. The van der Waals surface area contributed by atoms with Gasteiger partial charge in [-0.25, -0.2) is 9.59 Å². The normalized spacial score (nSPS) is 14.5. The molecule has 1 amide bonds. The number of carbonyl (C=O) groups is 2. The van der Waals surface area contributed by atoms with Gasteiger partial charge >= 0.3 is 12.1 Å². The second-order valence-corrected chi connectivity index (χ2v) is 7.79. The Kier molecular flexibility index (Phi) is 9.69. The molecular weight excluding hydrogens is 442 g/mol. The minimum Gasteiger partial charge on any atom is -0.490 e. The van der Waals surface area contributed by atoms with Crippen LogP contribution in [-0.2, 0) is 23.7 Å². The van der Waals surface area contributed by atoms with Gasteiger partial charge in [0.25, 0.3) is 0 Å². The Hall–Kier alpha value is -3.14. The van der Waals surface area contributed by atoms with E-state index in [1.807, 2.05) is 37.3 Å². The van der Waals surface area contributed by atoms with Crippen molar-refractivity contribution in [3.8, 4) is 11.5 Å². The molecular formula is C25H31NO8. The standard InChI is InChI=1S/C25H31NO8/c1-17(2)24(27)31-13-12-30-11-10-29-9-8-26-25(28)34-23-18(3)14-22(33-16-19-15-32-19)20-6-4-5-7-21(20)23/h4-7,14,19H,1,8-13,15-16H2,2-3H3,(H,26,28). The van der Waals surface area contributed by atoms with E-state index in [4.69, 9.17) is 28.4 Å². The average molecular weight is 474 g/mol. The summed E-state index contributed by atoms with van der Waals surface area (Å²) in [5.74, 6) is 0.791. The molecule has 1 heterocycles. The third-order valence-corrected chi connectivity index (χ3v) is 4.86.